The standard InChI is InChI=1S/C31H40N2O5S/c1-21-13-11-14-22(2)25(21)32-18-12-16-31-23(24-29(37)38-20-10-6-7-15-30(24,3)39-31)27(35)33(26(31)28(32)36)17-8-4-5-9-19-34/h7,11-16,23-24,26,34H,4-6,8-10,17-20H2,1-3H3/b15-7-/t23-,24+,26?,30-,31-/m0/s1. The summed E-state index contributed by atoms with van der Waals surface area (Å²) in [4.78, 5) is 46.2. The maximum absolute atomic E-state index is 14.7. The molecular formula is C31H40N2O5S. The minimum absolute atomic E-state index is 0.0939. The van der Waals surface area contributed by atoms with Gasteiger partial charge in [0, 0.05) is 30.1 Å². The van der Waals surface area contributed by atoms with Crippen molar-refractivity contribution in [2.24, 2.45) is 11.8 Å². The summed E-state index contributed by atoms with van der Waals surface area (Å²) in [5, 5.41) is 9.18. The second-order valence-electron chi connectivity index (χ2n) is 11.5. The van der Waals surface area contributed by atoms with E-state index in [4.69, 9.17) is 4.74 Å². The van der Waals surface area contributed by atoms with Crippen molar-refractivity contribution in [2.75, 3.05) is 31.2 Å². The number of ether oxygens (including phenoxy) is 1. The number of cyclic esters (lactones) is 1. The number of nitrogens with zero attached hydrogens (tertiary/aromatic N) is 2. The van der Waals surface area contributed by atoms with Crippen LogP contribution in [0.2, 0.25) is 0 Å². The summed E-state index contributed by atoms with van der Waals surface area (Å²) in [6.45, 7) is 7.39. The van der Waals surface area contributed by atoms with E-state index in [0.717, 1.165) is 55.3 Å². The lowest BCUT2D eigenvalue weighted by Crippen LogP contribution is -2.53. The van der Waals surface area contributed by atoms with E-state index in [1.54, 1.807) is 16.7 Å². The van der Waals surface area contributed by atoms with Gasteiger partial charge < -0.3 is 19.6 Å². The summed E-state index contributed by atoms with van der Waals surface area (Å²) in [7, 11) is 0. The van der Waals surface area contributed by atoms with Crippen LogP contribution in [-0.2, 0) is 19.1 Å². The van der Waals surface area contributed by atoms with E-state index in [-0.39, 0.29) is 24.4 Å². The third-order valence-electron chi connectivity index (χ3n) is 8.77. The van der Waals surface area contributed by atoms with Gasteiger partial charge in [0.2, 0.25) is 5.91 Å². The Bertz CT molecular complexity index is 1180. The van der Waals surface area contributed by atoms with Crippen LogP contribution >= 0.6 is 11.8 Å². The maximum atomic E-state index is 14.7. The molecule has 2 amide bonds. The fraction of sp³-hybridized carbons (Fsp3) is 0.581. The van der Waals surface area contributed by atoms with Gasteiger partial charge in [0.05, 0.1) is 23.2 Å². The molecule has 210 valence electrons. The summed E-state index contributed by atoms with van der Waals surface area (Å²) in [6.07, 6.45) is 13.0. The number of likely N-dealkylation sites (tertiary alicyclic amines) is 1. The van der Waals surface area contributed by atoms with Crippen LogP contribution in [-0.4, -0.2) is 69.6 Å². The molecule has 39 heavy (non-hydrogen) atoms. The minimum Gasteiger partial charge on any atom is -0.465 e. The van der Waals surface area contributed by atoms with Crippen molar-refractivity contribution in [1.82, 2.24) is 4.90 Å². The van der Waals surface area contributed by atoms with E-state index in [2.05, 4.69) is 18.2 Å². The van der Waals surface area contributed by atoms with Crippen molar-refractivity contribution in [2.45, 2.75) is 74.8 Å². The molecule has 1 aromatic rings. The summed E-state index contributed by atoms with van der Waals surface area (Å²) >= 11 is 1.59. The number of benzene rings is 1. The first-order valence-corrected chi connectivity index (χ1v) is 15.1. The second kappa shape index (κ2) is 11.1. The first kappa shape index (κ1) is 28.0. The number of allylic oxidation sites excluding steroid dienone is 1. The van der Waals surface area contributed by atoms with Gasteiger partial charge in [-0.3, -0.25) is 14.4 Å². The monoisotopic (exact) mass is 552 g/mol. The van der Waals surface area contributed by atoms with Crippen molar-refractivity contribution in [3.8, 4) is 0 Å². The zero-order valence-corrected chi connectivity index (χ0v) is 24.0. The molecule has 0 bridgehead atoms. The lowest BCUT2D eigenvalue weighted by molar-refractivity contribution is -0.154. The van der Waals surface area contributed by atoms with E-state index in [0.29, 0.717) is 19.7 Å². The van der Waals surface area contributed by atoms with Crippen molar-refractivity contribution in [3.63, 3.8) is 0 Å². The molecule has 1 spiro atoms. The lowest BCUT2D eigenvalue weighted by Gasteiger charge is -2.37. The Hall–Kier alpha value is -2.58. The van der Waals surface area contributed by atoms with Crippen LogP contribution < -0.4 is 4.90 Å². The van der Waals surface area contributed by atoms with Crippen LogP contribution in [0, 0.1) is 25.7 Å². The summed E-state index contributed by atoms with van der Waals surface area (Å²) in [5.41, 5.74) is 2.91. The smallest absolute Gasteiger partial charge is 0.311 e. The van der Waals surface area contributed by atoms with Crippen LogP contribution in [0.3, 0.4) is 0 Å². The van der Waals surface area contributed by atoms with E-state index in [1.165, 1.54) is 0 Å². The van der Waals surface area contributed by atoms with Gasteiger partial charge in [0.15, 0.2) is 0 Å². The molecule has 0 aromatic heterocycles. The molecule has 2 saturated heterocycles. The summed E-state index contributed by atoms with van der Waals surface area (Å²) in [6, 6.07) is 5.30. The zero-order valence-electron chi connectivity index (χ0n) is 23.2. The van der Waals surface area contributed by atoms with Gasteiger partial charge in [-0.05, 0) is 57.6 Å². The van der Waals surface area contributed by atoms with Crippen LogP contribution in [0.15, 0.2) is 42.5 Å². The molecule has 5 rings (SSSR count). The number of rotatable bonds is 7. The number of carbonyl (C=O) groups excluding carboxylic acids is 3. The van der Waals surface area contributed by atoms with Gasteiger partial charge >= 0.3 is 5.97 Å². The topological polar surface area (TPSA) is 87.2 Å². The van der Waals surface area contributed by atoms with Gasteiger partial charge in [-0.2, -0.15) is 0 Å². The van der Waals surface area contributed by atoms with Gasteiger partial charge in [-0.1, -0.05) is 55.3 Å². The average Bonchev–Trinajstić information content (AvgIpc) is 3.24. The Morgan fingerprint density at radius 1 is 1.00 bits per heavy atom. The first-order chi connectivity index (χ1) is 18.7. The fourth-order valence-electron chi connectivity index (χ4n) is 7.05. The number of amides is 2. The van der Waals surface area contributed by atoms with Crippen LogP contribution in [0.4, 0.5) is 5.69 Å². The van der Waals surface area contributed by atoms with Crippen LogP contribution in [0.5, 0.6) is 0 Å². The molecule has 1 N–H and O–H groups in total. The molecule has 0 radical (unpaired) electrons. The van der Waals surface area contributed by atoms with Gasteiger partial charge in [0.1, 0.15) is 6.04 Å². The number of para-hydroxylation sites is 1. The first-order valence-electron chi connectivity index (χ1n) is 14.3. The van der Waals surface area contributed by atoms with Gasteiger partial charge in [0.25, 0.3) is 5.91 Å². The quantitative estimate of drug-likeness (QED) is 0.308. The van der Waals surface area contributed by atoms with Crippen molar-refractivity contribution < 1.29 is 24.2 Å². The Kier molecular flexibility index (Phi) is 7.98. The number of aryl methyl sites for hydroxylation is 2. The number of carbonyl (C=O) groups is 3. The molecule has 4 aliphatic rings. The van der Waals surface area contributed by atoms with Crippen LogP contribution in [0.25, 0.3) is 0 Å². The normalized spacial score (nSPS) is 33.0. The molecular weight excluding hydrogens is 512 g/mol. The van der Waals surface area contributed by atoms with Crippen LogP contribution in [0.1, 0.15) is 56.6 Å². The third-order valence-corrected chi connectivity index (χ3v) is 10.6. The largest absolute Gasteiger partial charge is 0.465 e. The molecule has 2 fully saturated rings. The number of esters is 1. The zero-order chi connectivity index (χ0) is 27.8. The average molecular weight is 553 g/mol. The highest BCUT2D eigenvalue weighted by Gasteiger charge is 2.73. The highest BCUT2D eigenvalue weighted by atomic mass is 32.2. The second-order valence-corrected chi connectivity index (χ2v) is 13.3. The number of thioether (sulfide) groups is 1. The minimum atomic E-state index is -0.868. The number of hydrogen-bond donors (Lipinski definition) is 1. The molecule has 0 aliphatic carbocycles. The Morgan fingerprint density at radius 2 is 1.74 bits per heavy atom. The number of unbranched alkanes of at least 4 members (excludes halogenated alkanes) is 3. The summed E-state index contributed by atoms with van der Waals surface area (Å²) in [5.74, 6) is -1.91. The lowest BCUT2D eigenvalue weighted by atomic mass is 9.74. The SMILES string of the molecule is Cc1cccc(C)c1N1CC=C[C@]23S[C@@]4(C)/C=C\CCCOC(=O)[C@H]4[C@H]2C(=O)N(CCCCCCO)C3C1=O. The molecule has 0 saturated carbocycles. The van der Waals surface area contributed by atoms with E-state index in [1.807, 2.05) is 49.9 Å². The van der Waals surface area contributed by atoms with E-state index < -0.39 is 27.4 Å². The van der Waals surface area contributed by atoms with Crippen molar-refractivity contribution in [3.05, 3.63) is 53.6 Å². The van der Waals surface area contributed by atoms with E-state index in [9.17, 15) is 19.5 Å². The number of hydrogen-bond acceptors (Lipinski definition) is 6. The number of aliphatic hydroxyl groups is 1. The fourth-order valence-corrected chi connectivity index (χ4v) is 9.21. The molecule has 5 atom stereocenters. The Balaban J connectivity index is 1.60. The van der Waals surface area contributed by atoms with Gasteiger partial charge in [-0.15, -0.1) is 11.8 Å². The predicted molar refractivity (Wildman–Crippen MR) is 154 cm³/mol. The molecule has 1 unspecified atom stereocenters. The molecule has 7 nitrogen and oxygen atoms in total. The molecule has 1 aromatic carbocycles. The molecule has 4 aliphatic heterocycles. The predicted octanol–water partition coefficient (Wildman–Crippen LogP) is 4.34. The van der Waals surface area contributed by atoms with Crippen molar-refractivity contribution in [1.29, 1.82) is 0 Å². The molecule has 8 heteroatoms. The Labute approximate surface area is 235 Å². The highest BCUT2D eigenvalue weighted by Crippen LogP contribution is 2.65. The third kappa shape index (κ3) is 4.73. The van der Waals surface area contributed by atoms with Gasteiger partial charge in [-0.25, -0.2) is 0 Å². The molecule has 4 heterocycles. The number of fused-ring (bicyclic) bond motifs is 2. The summed E-state index contributed by atoms with van der Waals surface area (Å²) < 4.78 is 4.18. The number of aliphatic hydroxyl groups excluding tert-OH is 1. The Morgan fingerprint density at radius 3 is 2.49 bits per heavy atom. The number of anilines is 1. The maximum Gasteiger partial charge on any atom is 0.311 e. The highest BCUT2D eigenvalue weighted by molar-refractivity contribution is 8.02. The van der Waals surface area contributed by atoms with E-state index >= 15 is 0 Å². The van der Waals surface area contributed by atoms with Crippen molar-refractivity contribution >= 4 is 35.2 Å².